The highest BCUT2D eigenvalue weighted by Gasteiger charge is 2.30. The maximum atomic E-state index is 13.5. The van der Waals surface area contributed by atoms with Gasteiger partial charge in [-0.3, -0.25) is 9.59 Å². The molecule has 0 aliphatic carbocycles. The monoisotopic (exact) mass is 428 g/mol. The fourth-order valence-electron chi connectivity index (χ4n) is 3.63. The fourth-order valence-corrected chi connectivity index (χ4v) is 3.63. The average Bonchev–Trinajstić information content (AvgIpc) is 2.81. The Morgan fingerprint density at radius 2 is 1.25 bits per heavy atom. The number of amides is 2. The molecule has 0 aromatic heterocycles. The lowest BCUT2D eigenvalue weighted by molar-refractivity contribution is -0.140. The molecule has 0 spiro atoms. The first-order chi connectivity index (χ1) is 15.5. The summed E-state index contributed by atoms with van der Waals surface area (Å²) in [6.45, 7) is 5.10. The summed E-state index contributed by atoms with van der Waals surface area (Å²) in [5.41, 5.74) is 2.98. The molecular weight excluding hydrogens is 396 g/mol. The summed E-state index contributed by atoms with van der Waals surface area (Å²) in [6.07, 6.45) is 0.731. The molecule has 32 heavy (non-hydrogen) atoms. The lowest BCUT2D eigenvalue weighted by Gasteiger charge is -2.32. The zero-order valence-corrected chi connectivity index (χ0v) is 18.9. The van der Waals surface area contributed by atoms with Crippen LogP contribution in [0.2, 0.25) is 0 Å². The van der Waals surface area contributed by atoms with Crippen LogP contribution in [0.1, 0.15) is 30.5 Å². The van der Waals surface area contributed by atoms with E-state index in [1.165, 1.54) is 0 Å². The Bertz CT molecular complexity index is 972. The minimum Gasteiger partial charge on any atom is -0.354 e. The molecule has 1 N–H and O–H groups in total. The summed E-state index contributed by atoms with van der Waals surface area (Å²) in [7, 11) is 0. The van der Waals surface area contributed by atoms with E-state index in [1.807, 2.05) is 91.0 Å². The average molecular weight is 429 g/mol. The lowest BCUT2D eigenvalue weighted by atomic mass is 10.0. The maximum absolute atomic E-state index is 13.5. The first-order valence-electron chi connectivity index (χ1n) is 11.2. The fraction of sp³-hybridized carbons (Fsp3) is 0.286. The Kier molecular flexibility index (Phi) is 8.61. The van der Waals surface area contributed by atoms with Crippen molar-refractivity contribution in [2.45, 2.75) is 39.3 Å². The van der Waals surface area contributed by atoms with Crippen molar-refractivity contribution in [2.75, 3.05) is 6.54 Å². The van der Waals surface area contributed by atoms with Gasteiger partial charge in [-0.2, -0.15) is 0 Å². The van der Waals surface area contributed by atoms with E-state index in [9.17, 15) is 9.59 Å². The zero-order valence-electron chi connectivity index (χ0n) is 18.9. The van der Waals surface area contributed by atoms with Crippen LogP contribution in [0.3, 0.4) is 0 Å². The minimum absolute atomic E-state index is 0.0549. The molecule has 3 rings (SSSR count). The molecule has 0 saturated carbocycles. The van der Waals surface area contributed by atoms with Crippen LogP contribution >= 0.6 is 0 Å². The SMILES string of the molecule is CC(C)CNC(=O)[C@@H](Cc1ccccc1)N(Cc1ccccc1)C(=O)Cc1ccccc1. The first-order valence-corrected chi connectivity index (χ1v) is 11.2. The van der Waals surface area contributed by atoms with Crippen molar-refractivity contribution in [3.05, 3.63) is 108 Å². The van der Waals surface area contributed by atoms with E-state index < -0.39 is 6.04 Å². The highest BCUT2D eigenvalue weighted by atomic mass is 16.2. The summed E-state index contributed by atoms with van der Waals surface area (Å²) in [6, 6.07) is 28.9. The minimum atomic E-state index is -0.590. The molecule has 166 valence electrons. The molecule has 0 radical (unpaired) electrons. The molecule has 1 atom stereocenters. The van der Waals surface area contributed by atoms with Crippen molar-refractivity contribution < 1.29 is 9.59 Å². The number of nitrogens with one attached hydrogen (secondary N) is 1. The molecular formula is C28H32N2O2. The van der Waals surface area contributed by atoms with E-state index in [0.29, 0.717) is 25.4 Å². The van der Waals surface area contributed by atoms with Gasteiger partial charge in [0.2, 0.25) is 11.8 Å². The lowest BCUT2D eigenvalue weighted by Crippen LogP contribution is -2.51. The molecule has 3 aromatic carbocycles. The number of carbonyl (C=O) groups excluding carboxylic acids is 2. The van der Waals surface area contributed by atoms with Gasteiger partial charge in [0.05, 0.1) is 6.42 Å². The van der Waals surface area contributed by atoms with Crippen molar-refractivity contribution >= 4 is 11.8 Å². The van der Waals surface area contributed by atoms with E-state index in [0.717, 1.165) is 16.7 Å². The predicted octanol–water partition coefficient (Wildman–Crippen LogP) is 4.64. The van der Waals surface area contributed by atoms with Crippen LogP contribution in [0.25, 0.3) is 0 Å². The number of rotatable bonds is 10. The highest BCUT2D eigenvalue weighted by molar-refractivity contribution is 5.88. The predicted molar refractivity (Wildman–Crippen MR) is 129 cm³/mol. The number of hydrogen-bond donors (Lipinski definition) is 1. The van der Waals surface area contributed by atoms with Crippen LogP contribution in [0, 0.1) is 5.92 Å². The van der Waals surface area contributed by atoms with Crippen LogP contribution in [0.4, 0.5) is 0 Å². The smallest absolute Gasteiger partial charge is 0.243 e. The van der Waals surface area contributed by atoms with Gasteiger partial charge in [0, 0.05) is 19.5 Å². The molecule has 0 aliphatic heterocycles. The standard InChI is InChI=1S/C28H32N2O2/c1-22(2)20-29-28(32)26(18-23-12-6-3-7-13-23)30(21-25-16-10-5-11-17-25)27(31)19-24-14-8-4-9-15-24/h3-17,22,26H,18-21H2,1-2H3,(H,29,32)/t26-/m1/s1. The Hall–Kier alpha value is -3.40. The van der Waals surface area contributed by atoms with Crippen molar-refractivity contribution in [3.63, 3.8) is 0 Å². The summed E-state index contributed by atoms with van der Waals surface area (Å²) in [5.74, 6) is 0.166. The van der Waals surface area contributed by atoms with Gasteiger partial charge in [0.1, 0.15) is 6.04 Å². The second-order valence-corrected chi connectivity index (χ2v) is 8.51. The van der Waals surface area contributed by atoms with Gasteiger partial charge in [-0.15, -0.1) is 0 Å². The molecule has 0 fully saturated rings. The topological polar surface area (TPSA) is 49.4 Å². The van der Waals surface area contributed by atoms with Crippen LogP contribution in [-0.4, -0.2) is 29.3 Å². The third kappa shape index (κ3) is 7.09. The van der Waals surface area contributed by atoms with Crippen molar-refractivity contribution in [1.82, 2.24) is 10.2 Å². The van der Waals surface area contributed by atoms with Crippen LogP contribution in [-0.2, 0) is 29.0 Å². The molecule has 0 saturated heterocycles. The Labute approximate surface area is 191 Å². The van der Waals surface area contributed by atoms with Gasteiger partial charge >= 0.3 is 0 Å². The Morgan fingerprint density at radius 1 is 0.750 bits per heavy atom. The van der Waals surface area contributed by atoms with Crippen LogP contribution < -0.4 is 5.32 Å². The number of carbonyl (C=O) groups is 2. The van der Waals surface area contributed by atoms with Gasteiger partial charge in [-0.25, -0.2) is 0 Å². The summed E-state index contributed by atoms with van der Waals surface area (Å²) >= 11 is 0. The third-order valence-corrected chi connectivity index (χ3v) is 5.35. The van der Waals surface area contributed by atoms with Crippen molar-refractivity contribution in [1.29, 1.82) is 0 Å². The van der Waals surface area contributed by atoms with E-state index in [1.54, 1.807) is 4.90 Å². The van der Waals surface area contributed by atoms with E-state index in [-0.39, 0.29) is 18.2 Å². The van der Waals surface area contributed by atoms with Gasteiger partial charge in [0.15, 0.2) is 0 Å². The maximum Gasteiger partial charge on any atom is 0.243 e. The number of hydrogen-bond acceptors (Lipinski definition) is 2. The molecule has 4 heteroatoms. The van der Waals surface area contributed by atoms with Gasteiger partial charge in [0.25, 0.3) is 0 Å². The number of benzene rings is 3. The second-order valence-electron chi connectivity index (χ2n) is 8.51. The summed E-state index contributed by atoms with van der Waals surface area (Å²) in [4.78, 5) is 28.6. The normalized spacial score (nSPS) is 11.7. The third-order valence-electron chi connectivity index (χ3n) is 5.35. The van der Waals surface area contributed by atoms with Crippen molar-refractivity contribution in [3.8, 4) is 0 Å². The summed E-state index contributed by atoms with van der Waals surface area (Å²) in [5, 5.41) is 3.05. The van der Waals surface area contributed by atoms with Crippen LogP contribution in [0.5, 0.6) is 0 Å². The van der Waals surface area contributed by atoms with E-state index in [2.05, 4.69) is 19.2 Å². The second kappa shape index (κ2) is 11.8. The van der Waals surface area contributed by atoms with Crippen molar-refractivity contribution in [2.24, 2.45) is 5.92 Å². The van der Waals surface area contributed by atoms with E-state index in [4.69, 9.17) is 0 Å². The zero-order chi connectivity index (χ0) is 22.8. The van der Waals surface area contributed by atoms with Gasteiger partial charge < -0.3 is 10.2 Å². The quantitative estimate of drug-likeness (QED) is 0.511. The number of nitrogens with zero attached hydrogens (tertiary/aromatic N) is 1. The van der Waals surface area contributed by atoms with Crippen LogP contribution in [0.15, 0.2) is 91.0 Å². The molecule has 4 nitrogen and oxygen atoms in total. The molecule has 0 bridgehead atoms. The molecule has 2 amide bonds. The molecule has 0 unspecified atom stereocenters. The molecule has 0 aliphatic rings. The first kappa shape index (κ1) is 23.3. The highest BCUT2D eigenvalue weighted by Crippen LogP contribution is 2.16. The summed E-state index contributed by atoms with van der Waals surface area (Å²) < 4.78 is 0. The molecule has 3 aromatic rings. The van der Waals surface area contributed by atoms with Gasteiger partial charge in [-0.1, -0.05) is 105 Å². The largest absolute Gasteiger partial charge is 0.354 e. The Morgan fingerprint density at radius 3 is 1.78 bits per heavy atom. The molecule has 0 heterocycles. The Balaban J connectivity index is 1.92. The van der Waals surface area contributed by atoms with Gasteiger partial charge in [-0.05, 0) is 22.6 Å². The van der Waals surface area contributed by atoms with E-state index >= 15 is 0 Å².